The average molecular weight is 674 g/mol. The molecule has 1 atom stereocenters. The highest BCUT2D eigenvalue weighted by Gasteiger charge is 2.33. The number of piperazine rings is 1. The number of methoxy groups -OCH3 is 2. The maximum Gasteiger partial charge on any atom is 0.419 e. The molecule has 0 aliphatic carbocycles. The molecule has 262 valence electrons. The summed E-state index contributed by atoms with van der Waals surface area (Å²) >= 11 is 0. The Kier molecular flexibility index (Phi) is 11.0. The summed E-state index contributed by atoms with van der Waals surface area (Å²) < 4.78 is 50.3. The molecule has 3 heterocycles. The van der Waals surface area contributed by atoms with Crippen molar-refractivity contribution in [3.8, 4) is 5.75 Å². The molecule has 1 aromatic carbocycles. The van der Waals surface area contributed by atoms with E-state index in [1.54, 1.807) is 65.8 Å². The van der Waals surface area contributed by atoms with Gasteiger partial charge in [0.1, 0.15) is 17.0 Å². The summed E-state index contributed by atoms with van der Waals surface area (Å²) in [7, 11) is 2.77. The van der Waals surface area contributed by atoms with Crippen LogP contribution in [0.25, 0.3) is 10.9 Å². The number of carbonyl (C=O) groups excluding carboxylic acids is 3. The first-order chi connectivity index (χ1) is 22.4. The fraction of sp³-hybridized carbons (Fsp3) is 0.529. The number of anilines is 1. The minimum atomic E-state index is -2.54. The summed E-state index contributed by atoms with van der Waals surface area (Å²) in [5.74, 6) is -0.170. The van der Waals surface area contributed by atoms with Gasteiger partial charge in [-0.25, -0.2) is 28.1 Å². The van der Waals surface area contributed by atoms with Gasteiger partial charge in [-0.05, 0) is 77.8 Å². The van der Waals surface area contributed by atoms with E-state index < -0.39 is 48.4 Å². The number of alkyl halides is 2. The number of nitrogens with one attached hydrogen (secondary N) is 1. The predicted octanol–water partition coefficient (Wildman–Crippen LogP) is 6.39. The van der Waals surface area contributed by atoms with E-state index in [1.165, 1.54) is 17.9 Å². The van der Waals surface area contributed by atoms with Crippen LogP contribution in [0.4, 0.5) is 24.1 Å². The molecule has 1 aliphatic rings. The van der Waals surface area contributed by atoms with Gasteiger partial charge in [0.15, 0.2) is 5.69 Å². The summed E-state index contributed by atoms with van der Waals surface area (Å²) in [6.07, 6.45) is -0.705. The third kappa shape index (κ3) is 8.78. The topological polar surface area (TPSA) is 124 Å². The van der Waals surface area contributed by atoms with Gasteiger partial charge in [0.25, 0.3) is 6.43 Å². The van der Waals surface area contributed by atoms with Gasteiger partial charge in [-0.2, -0.15) is 0 Å². The Morgan fingerprint density at radius 3 is 2.33 bits per heavy atom. The number of nitrogens with zero attached hydrogens (tertiary/aromatic N) is 4. The molecule has 0 radical (unpaired) electrons. The number of aryl methyl sites for hydroxylation is 1. The molecule has 4 rings (SSSR count). The van der Waals surface area contributed by atoms with E-state index >= 15 is 0 Å². The molecule has 1 N–H and O–H groups in total. The van der Waals surface area contributed by atoms with Gasteiger partial charge in [0, 0.05) is 55.6 Å². The Hall–Kier alpha value is -4.30. The van der Waals surface area contributed by atoms with Gasteiger partial charge in [-0.1, -0.05) is 0 Å². The second-order valence-electron chi connectivity index (χ2n) is 13.7. The summed E-state index contributed by atoms with van der Waals surface area (Å²) in [5.41, 5.74) is 1.25. The fourth-order valence-corrected chi connectivity index (χ4v) is 5.75. The highest BCUT2D eigenvalue weighted by atomic mass is 19.3. The summed E-state index contributed by atoms with van der Waals surface area (Å²) in [5, 5.41) is 3.38. The summed E-state index contributed by atoms with van der Waals surface area (Å²) in [6.45, 7) is 13.3. The number of aromatic nitrogens is 2. The van der Waals surface area contributed by atoms with Gasteiger partial charge < -0.3 is 18.9 Å². The van der Waals surface area contributed by atoms with Gasteiger partial charge >= 0.3 is 18.2 Å². The molecule has 1 aliphatic heterocycles. The third-order valence-electron chi connectivity index (χ3n) is 7.68. The standard InChI is InChI=1S/C34H45F2N5O7/c1-20-14-26(45-8)23(22-10-11-41(29(20)22)32(44)48-34(5,6)7)17-40-13-12-39(19-27(35)36)18-25(40)21-15-24(28(37-16-21)30(42)46-9)38-31(43)47-33(2,3)4/h10-11,14-16,25,27H,12-13,17-19H2,1-9H3,(H,38,43). The Morgan fingerprint density at radius 2 is 1.73 bits per heavy atom. The van der Waals surface area contributed by atoms with Crippen molar-refractivity contribution in [2.75, 3.05) is 45.7 Å². The maximum atomic E-state index is 13.6. The van der Waals surface area contributed by atoms with Crippen LogP contribution in [0, 0.1) is 6.92 Å². The van der Waals surface area contributed by atoms with E-state index in [2.05, 4.69) is 15.2 Å². The highest BCUT2D eigenvalue weighted by Crippen LogP contribution is 2.37. The van der Waals surface area contributed by atoms with Crippen molar-refractivity contribution < 1.29 is 42.1 Å². The Morgan fingerprint density at radius 1 is 1.04 bits per heavy atom. The number of amides is 1. The number of hydrogen-bond acceptors (Lipinski definition) is 10. The lowest BCUT2D eigenvalue weighted by Crippen LogP contribution is -2.49. The van der Waals surface area contributed by atoms with Gasteiger partial charge in [-0.15, -0.1) is 0 Å². The van der Waals surface area contributed by atoms with Crippen LogP contribution in [-0.2, 0) is 20.8 Å². The smallest absolute Gasteiger partial charge is 0.419 e. The van der Waals surface area contributed by atoms with Crippen LogP contribution in [0.15, 0.2) is 30.6 Å². The molecule has 14 heteroatoms. The van der Waals surface area contributed by atoms with Gasteiger partial charge in [-0.3, -0.25) is 19.7 Å². The van der Waals surface area contributed by atoms with E-state index in [0.717, 1.165) is 16.5 Å². The largest absolute Gasteiger partial charge is 0.496 e. The van der Waals surface area contributed by atoms with E-state index in [9.17, 15) is 23.2 Å². The quantitative estimate of drug-likeness (QED) is 0.212. The van der Waals surface area contributed by atoms with Crippen LogP contribution in [0.3, 0.4) is 0 Å². The van der Waals surface area contributed by atoms with Crippen LogP contribution in [0.2, 0.25) is 0 Å². The zero-order valence-corrected chi connectivity index (χ0v) is 29.0. The molecule has 1 saturated heterocycles. The van der Waals surface area contributed by atoms with Crippen LogP contribution >= 0.6 is 0 Å². The highest BCUT2D eigenvalue weighted by molar-refractivity contribution is 5.98. The molecule has 0 spiro atoms. The molecule has 3 aromatic rings. The first-order valence-corrected chi connectivity index (χ1v) is 15.6. The number of carbonyl (C=O) groups is 3. The molecule has 1 unspecified atom stereocenters. The van der Waals surface area contributed by atoms with Crippen molar-refractivity contribution in [1.29, 1.82) is 0 Å². The molecule has 48 heavy (non-hydrogen) atoms. The second kappa shape index (κ2) is 14.4. The summed E-state index contributed by atoms with van der Waals surface area (Å²) in [6, 6.07) is 4.79. The minimum Gasteiger partial charge on any atom is -0.496 e. The second-order valence-corrected chi connectivity index (χ2v) is 13.7. The molecule has 1 amide bonds. The molecule has 0 saturated carbocycles. The molecule has 1 fully saturated rings. The van der Waals surface area contributed by atoms with Gasteiger partial charge in [0.2, 0.25) is 0 Å². The van der Waals surface area contributed by atoms with Crippen LogP contribution < -0.4 is 10.1 Å². The van der Waals surface area contributed by atoms with Gasteiger partial charge in [0.05, 0.1) is 32.0 Å². The lowest BCUT2D eigenvalue weighted by molar-refractivity contribution is 0.0244. The SMILES string of the molecule is COC(=O)c1ncc(C2CN(CC(F)F)CCN2Cc2c(OC)cc(C)c3c2ccn3C(=O)OC(C)(C)C)cc1NC(=O)OC(C)(C)C. The van der Waals surface area contributed by atoms with Crippen LogP contribution in [-0.4, -0.2) is 95.5 Å². The molecular formula is C34H45F2N5O7. The predicted molar refractivity (Wildman–Crippen MR) is 176 cm³/mol. The van der Waals surface area contributed by atoms with Crippen molar-refractivity contribution in [3.05, 3.63) is 53.0 Å². The molecular weight excluding hydrogens is 628 g/mol. The third-order valence-corrected chi connectivity index (χ3v) is 7.68. The normalized spacial score (nSPS) is 16.2. The Balaban J connectivity index is 1.78. The first kappa shape index (κ1) is 36.5. The van der Waals surface area contributed by atoms with E-state index in [0.29, 0.717) is 36.5 Å². The lowest BCUT2D eigenvalue weighted by Gasteiger charge is -2.42. The first-order valence-electron chi connectivity index (χ1n) is 15.6. The minimum absolute atomic E-state index is 0.0595. The van der Waals surface area contributed by atoms with Crippen LogP contribution in [0.5, 0.6) is 5.75 Å². The van der Waals surface area contributed by atoms with E-state index in [-0.39, 0.29) is 17.9 Å². The number of benzene rings is 1. The molecule has 12 nitrogen and oxygen atoms in total. The molecule has 2 aromatic heterocycles. The molecule has 0 bridgehead atoms. The van der Waals surface area contributed by atoms with E-state index in [4.69, 9.17) is 18.9 Å². The number of rotatable bonds is 8. The zero-order valence-electron chi connectivity index (χ0n) is 29.0. The summed E-state index contributed by atoms with van der Waals surface area (Å²) in [4.78, 5) is 46.6. The zero-order chi connectivity index (χ0) is 35.6. The van der Waals surface area contributed by atoms with Crippen molar-refractivity contribution >= 4 is 34.7 Å². The van der Waals surface area contributed by atoms with Crippen molar-refractivity contribution in [2.45, 2.75) is 78.7 Å². The average Bonchev–Trinajstić information content (AvgIpc) is 3.43. The Labute approximate surface area is 279 Å². The van der Waals surface area contributed by atoms with Crippen LogP contribution in [0.1, 0.15) is 74.8 Å². The fourth-order valence-electron chi connectivity index (χ4n) is 5.75. The number of ether oxygens (including phenoxy) is 4. The number of hydrogen-bond donors (Lipinski definition) is 1. The van der Waals surface area contributed by atoms with Crippen molar-refractivity contribution in [3.63, 3.8) is 0 Å². The number of pyridine rings is 1. The van der Waals surface area contributed by atoms with Crippen molar-refractivity contribution in [2.24, 2.45) is 0 Å². The monoisotopic (exact) mass is 673 g/mol. The lowest BCUT2D eigenvalue weighted by atomic mass is 9.99. The number of fused-ring (bicyclic) bond motifs is 1. The number of esters is 1. The Bertz CT molecular complexity index is 1660. The maximum absolute atomic E-state index is 13.6. The van der Waals surface area contributed by atoms with Crippen molar-refractivity contribution in [1.82, 2.24) is 19.4 Å². The van der Waals surface area contributed by atoms with E-state index in [1.807, 2.05) is 19.1 Å². The number of halogens is 2.